The van der Waals surface area contributed by atoms with Crippen molar-refractivity contribution in [2.24, 2.45) is 5.92 Å². The number of benzene rings is 1. The van der Waals surface area contributed by atoms with Crippen molar-refractivity contribution in [3.63, 3.8) is 0 Å². The molecule has 1 aromatic carbocycles. The van der Waals surface area contributed by atoms with Gasteiger partial charge in [0, 0.05) is 28.5 Å². The van der Waals surface area contributed by atoms with Crippen LogP contribution in [0.5, 0.6) is 0 Å². The van der Waals surface area contributed by atoms with E-state index < -0.39 is 23.3 Å². The van der Waals surface area contributed by atoms with Crippen molar-refractivity contribution >= 4 is 82.5 Å². The van der Waals surface area contributed by atoms with E-state index in [1.165, 1.54) is 28.4 Å². The normalized spacial score (nSPS) is 24.7. The van der Waals surface area contributed by atoms with Gasteiger partial charge in [0.1, 0.15) is 17.1 Å². The van der Waals surface area contributed by atoms with Crippen LogP contribution in [0.15, 0.2) is 51.6 Å². The quantitative estimate of drug-likeness (QED) is 0.134. The van der Waals surface area contributed by atoms with Crippen LogP contribution in [0.2, 0.25) is 0 Å². The third kappa shape index (κ3) is 5.15. The number of allylic oxidation sites excluding steroid dienone is 1. The van der Waals surface area contributed by atoms with Gasteiger partial charge in [-0.05, 0) is 60.6 Å². The first kappa shape index (κ1) is 26.2. The number of hydrogen-bond donors (Lipinski definition) is 4. The first-order chi connectivity index (χ1) is 16.3. The maximum atomic E-state index is 13.0. The average Bonchev–Trinajstić information content (AvgIpc) is 3.57. The summed E-state index contributed by atoms with van der Waals surface area (Å²) < 4.78 is 0. The van der Waals surface area contributed by atoms with Crippen LogP contribution < -0.4 is 16.4 Å². The molecule has 3 fully saturated rings. The molecule has 2 saturated heterocycles. The second-order valence-electron chi connectivity index (χ2n) is 8.62. The van der Waals surface area contributed by atoms with Crippen LogP contribution in [0.1, 0.15) is 19.3 Å². The molecule has 0 unspecified atom stereocenters. The topological polar surface area (TPSA) is 142 Å². The number of nitrogens with two attached hydrogens (primary N) is 1. The van der Waals surface area contributed by atoms with Gasteiger partial charge in [0.25, 0.3) is 5.91 Å². The predicted molar refractivity (Wildman–Crippen MR) is 136 cm³/mol. The molecule has 1 aromatic rings. The molecule has 5 N–H and O–H groups in total. The third-order valence-corrected chi connectivity index (χ3v) is 8.60. The number of aliphatic carboxylic acids is 1. The molecule has 0 aromatic heterocycles. The number of anilines is 1. The van der Waals surface area contributed by atoms with Crippen molar-refractivity contribution in [2.45, 2.75) is 35.6 Å². The molecule has 35 heavy (non-hydrogen) atoms. The summed E-state index contributed by atoms with van der Waals surface area (Å²) in [6, 6.07) is 6.38. The number of β-lactam (4-membered cyclic amide) rings is 1. The van der Waals surface area contributed by atoms with E-state index in [0.29, 0.717) is 35.6 Å². The number of nitrogens with one attached hydrogen (secondary N) is 2. The molecule has 180 valence electrons. The van der Waals surface area contributed by atoms with Crippen molar-refractivity contribution in [3.05, 3.63) is 46.7 Å². The molecular weight excluding hydrogens is 499 g/mol. The number of nitrogens with zero attached hydrogens (tertiary/aromatic N) is 1. The van der Waals surface area contributed by atoms with Crippen LogP contribution in [0.3, 0.4) is 0 Å². The molecule has 3 amide bonds. The molecule has 0 radical (unpaired) electrons. The SMILES string of the molecule is Nc1ccc(SCC(=O)N[C@@H]2C(=O)N3C(C(=O)O)=C(C(=C4CCNC4=O)C4CC4)CS[C@H]23)cc1.[NaH]. The van der Waals surface area contributed by atoms with E-state index in [-0.39, 0.29) is 58.7 Å². The van der Waals surface area contributed by atoms with Gasteiger partial charge in [-0.3, -0.25) is 19.3 Å². The third-order valence-electron chi connectivity index (χ3n) is 6.31. The van der Waals surface area contributed by atoms with Crippen LogP contribution in [-0.4, -0.2) is 92.7 Å². The van der Waals surface area contributed by atoms with Gasteiger partial charge in [0.15, 0.2) is 0 Å². The number of thioether (sulfide) groups is 2. The number of carboxylic acid groups (broad SMARTS) is 1. The molecule has 5 rings (SSSR count). The Morgan fingerprint density at radius 3 is 2.54 bits per heavy atom. The zero-order chi connectivity index (χ0) is 24.0. The second-order valence-corrected chi connectivity index (χ2v) is 10.8. The predicted octanol–water partition coefficient (Wildman–Crippen LogP) is 0.677. The summed E-state index contributed by atoms with van der Waals surface area (Å²) in [7, 11) is 0. The van der Waals surface area contributed by atoms with Crippen molar-refractivity contribution in [1.82, 2.24) is 15.5 Å². The van der Waals surface area contributed by atoms with Crippen molar-refractivity contribution in [2.75, 3.05) is 23.8 Å². The van der Waals surface area contributed by atoms with Gasteiger partial charge in [-0.2, -0.15) is 0 Å². The molecule has 3 aliphatic heterocycles. The molecule has 1 aliphatic carbocycles. The average molecular weight is 525 g/mol. The van der Waals surface area contributed by atoms with E-state index in [1.54, 1.807) is 12.1 Å². The van der Waals surface area contributed by atoms with E-state index in [0.717, 1.165) is 23.3 Å². The van der Waals surface area contributed by atoms with Crippen LogP contribution in [0.4, 0.5) is 5.69 Å². The number of nitrogen functional groups attached to an aromatic ring is 1. The van der Waals surface area contributed by atoms with Crippen molar-refractivity contribution in [1.29, 1.82) is 0 Å². The molecule has 1 saturated carbocycles. The number of carboxylic acids is 1. The van der Waals surface area contributed by atoms with Gasteiger partial charge in [0.2, 0.25) is 11.8 Å². The molecule has 0 bridgehead atoms. The fourth-order valence-electron chi connectivity index (χ4n) is 4.58. The summed E-state index contributed by atoms with van der Waals surface area (Å²) in [5.41, 5.74) is 8.28. The number of carbonyl (C=O) groups is 4. The Morgan fingerprint density at radius 2 is 1.94 bits per heavy atom. The Morgan fingerprint density at radius 1 is 1.23 bits per heavy atom. The van der Waals surface area contributed by atoms with Gasteiger partial charge >= 0.3 is 35.5 Å². The summed E-state index contributed by atoms with van der Waals surface area (Å²) in [5, 5.41) is 15.1. The van der Waals surface area contributed by atoms with E-state index in [9.17, 15) is 24.3 Å². The van der Waals surface area contributed by atoms with Crippen molar-refractivity contribution < 1.29 is 24.3 Å². The first-order valence-corrected chi connectivity index (χ1v) is 13.1. The van der Waals surface area contributed by atoms with Crippen LogP contribution in [-0.2, 0) is 19.2 Å². The van der Waals surface area contributed by atoms with E-state index in [4.69, 9.17) is 5.73 Å². The number of hydrogen-bond acceptors (Lipinski definition) is 7. The molecule has 2 atom stereocenters. The summed E-state index contributed by atoms with van der Waals surface area (Å²) in [4.78, 5) is 52.3. The summed E-state index contributed by atoms with van der Waals surface area (Å²) in [5.74, 6) is -1.39. The fraction of sp³-hybridized carbons (Fsp3) is 0.391. The number of fused-ring (bicyclic) bond motifs is 1. The Hall–Kier alpha value is -1.92. The zero-order valence-electron chi connectivity index (χ0n) is 18.2. The summed E-state index contributed by atoms with van der Waals surface area (Å²) >= 11 is 2.76. The Balaban J connectivity index is 0.00000289. The summed E-state index contributed by atoms with van der Waals surface area (Å²) in [6.07, 6.45) is 2.39. The Bertz CT molecular complexity index is 1150. The van der Waals surface area contributed by atoms with Crippen molar-refractivity contribution in [3.8, 4) is 0 Å². The number of rotatable bonds is 7. The monoisotopic (exact) mass is 524 g/mol. The maximum absolute atomic E-state index is 13.0. The summed E-state index contributed by atoms with van der Waals surface area (Å²) in [6.45, 7) is 0.543. The second kappa shape index (κ2) is 10.6. The molecule has 12 heteroatoms. The standard InChI is InChI=1S/C23H24N4O5S2.Na.H/c24-12-3-5-13(6-4-12)33-10-16(28)26-18-21(30)27-19(23(31)32)15(9-34-22(18)27)17(11-1-2-11)14-7-8-25-20(14)29;;/h3-6,11,18,22H,1-2,7-10,24H2,(H,25,29)(H,26,28)(H,31,32);;/t18-,22-;;/m1../s1. The zero-order valence-corrected chi connectivity index (χ0v) is 19.8. The Kier molecular flexibility index (Phi) is 7.92. The molecule has 0 spiro atoms. The van der Waals surface area contributed by atoms with Gasteiger partial charge in [0.05, 0.1) is 5.75 Å². The minimum absolute atomic E-state index is 0. The van der Waals surface area contributed by atoms with Gasteiger partial charge in [-0.1, -0.05) is 0 Å². The van der Waals surface area contributed by atoms with Crippen LogP contribution in [0, 0.1) is 5.92 Å². The van der Waals surface area contributed by atoms with Gasteiger partial charge in [-0.15, -0.1) is 23.5 Å². The van der Waals surface area contributed by atoms with Crippen LogP contribution >= 0.6 is 23.5 Å². The van der Waals surface area contributed by atoms with Gasteiger partial charge in [-0.25, -0.2) is 4.79 Å². The van der Waals surface area contributed by atoms with Gasteiger partial charge < -0.3 is 21.5 Å². The molecular formula is C23H25N4NaO5S2. The first-order valence-electron chi connectivity index (χ1n) is 11.1. The minimum atomic E-state index is -1.19. The molecule has 4 aliphatic rings. The van der Waals surface area contributed by atoms with Crippen LogP contribution in [0.25, 0.3) is 0 Å². The van der Waals surface area contributed by atoms with E-state index in [1.807, 2.05) is 12.1 Å². The molecule has 3 heterocycles. The molecule has 9 nitrogen and oxygen atoms in total. The van der Waals surface area contributed by atoms with E-state index >= 15 is 0 Å². The number of amides is 3. The van der Waals surface area contributed by atoms with E-state index in [2.05, 4.69) is 10.6 Å². The number of carbonyl (C=O) groups excluding carboxylic acids is 3. The fourth-order valence-corrected chi connectivity index (χ4v) is 6.65. The Labute approximate surface area is 233 Å².